The van der Waals surface area contributed by atoms with Gasteiger partial charge < -0.3 is 9.32 Å². The zero-order valence-corrected chi connectivity index (χ0v) is 16.0. The molecular weight excluding hydrogens is 364 g/mol. The van der Waals surface area contributed by atoms with Crippen LogP contribution in [-0.4, -0.2) is 43.7 Å². The van der Waals surface area contributed by atoms with Gasteiger partial charge in [-0.2, -0.15) is 4.31 Å². The van der Waals surface area contributed by atoms with Gasteiger partial charge in [-0.15, -0.1) is 0 Å². The van der Waals surface area contributed by atoms with Crippen LogP contribution in [0.15, 0.2) is 45.9 Å². The normalized spacial score (nSPS) is 11.7. The van der Waals surface area contributed by atoms with E-state index in [0.717, 1.165) is 0 Å². The SMILES string of the molecule is CCN(CC)S(=O)(=O)c1cc(C(=O)N(C)Cc2ccco2)ccc1Cl. The van der Waals surface area contributed by atoms with Crippen molar-refractivity contribution in [3.8, 4) is 0 Å². The average molecular weight is 385 g/mol. The summed E-state index contributed by atoms with van der Waals surface area (Å²) < 4.78 is 32.0. The van der Waals surface area contributed by atoms with Gasteiger partial charge in [0.2, 0.25) is 10.0 Å². The quantitative estimate of drug-likeness (QED) is 0.734. The Labute approximate surface area is 153 Å². The molecule has 1 amide bonds. The molecule has 25 heavy (non-hydrogen) atoms. The minimum atomic E-state index is -3.75. The molecule has 0 N–H and O–H groups in total. The minimum absolute atomic E-state index is 0.0601. The van der Waals surface area contributed by atoms with Gasteiger partial charge in [-0.05, 0) is 30.3 Å². The van der Waals surface area contributed by atoms with Gasteiger partial charge >= 0.3 is 0 Å². The number of sulfonamides is 1. The van der Waals surface area contributed by atoms with Crippen molar-refractivity contribution >= 4 is 27.5 Å². The molecule has 0 fully saturated rings. The Morgan fingerprint density at radius 2 is 1.88 bits per heavy atom. The van der Waals surface area contributed by atoms with Crippen molar-refractivity contribution in [1.29, 1.82) is 0 Å². The van der Waals surface area contributed by atoms with E-state index in [2.05, 4.69) is 0 Å². The van der Waals surface area contributed by atoms with Crippen molar-refractivity contribution in [2.75, 3.05) is 20.1 Å². The molecule has 136 valence electrons. The summed E-state index contributed by atoms with van der Waals surface area (Å²) in [6.45, 7) is 4.44. The summed E-state index contributed by atoms with van der Waals surface area (Å²) in [5, 5.41) is 0.0946. The Balaban J connectivity index is 2.33. The zero-order valence-electron chi connectivity index (χ0n) is 14.4. The van der Waals surface area contributed by atoms with Crippen LogP contribution in [0, 0.1) is 0 Å². The summed E-state index contributed by atoms with van der Waals surface area (Å²) >= 11 is 6.09. The molecular formula is C17H21ClN2O4S. The van der Waals surface area contributed by atoms with Gasteiger partial charge in [-0.1, -0.05) is 25.4 Å². The monoisotopic (exact) mass is 384 g/mol. The first-order chi connectivity index (χ1) is 11.8. The van der Waals surface area contributed by atoms with Crippen molar-refractivity contribution in [3.05, 3.63) is 52.9 Å². The first-order valence-electron chi connectivity index (χ1n) is 7.88. The average Bonchev–Trinajstić information content (AvgIpc) is 3.08. The third-order valence-electron chi connectivity index (χ3n) is 3.82. The summed E-state index contributed by atoms with van der Waals surface area (Å²) in [6.07, 6.45) is 1.53. The third-order valence-corrected chi connectivity index (χ3v) is 6.35. The number of carbonyl (C=O) groups excluding carboxylic acids is 1. The van der Waals surface area contributed by atoms with Gasteiger partial charge in [0.05, 0.1) is 17.8 Å². The third kappa shape index (κ3) is 4.23. The number of rotatable bonds is 7. The lowest BCUT2D eigenvalue weighted by atomic mass is 10.2. The van der Waals surface area contributed by atoms with E-state index >= 15 is 0 Å². The molecule has 0 saturated heterocycles. The van der Waals surface area contributed by atoms with Gasteiger partial charge in [-0.3, -0.25) is 4.79 Å². The number of hydrogen-bond donors (Lipinski definition) is 0. The van der Waals surface area contributed by atoms with Crippen LogP contribution in [0.5, 0.6) is 0 Å². The van der Waals surface area contributed by atoms with Crippen LogP contribution in [0.2, 0.25) is 5.02 Å². The molecule has 1 heterocycles. The van der Waals surface area contributed by atoms with E-state index in [9.17, 15) is 13.2 Å². The number of hydrogen-bond acceptors (Lipinski definition) is 4. The minimum Gasteiger partial charge on any atom is -0.467 e. The summed E-state index contributed by atoms with van der Waals surface area (Å²) in [6, 6.07) is 7.79. The second-order valence-electron chi connectivity index (χ2n) is 5.48. The maximum atomic E-state index is 12.7. The Morgan fingerprint density at radius 1 is 1.20 bits per heavy atom. The number of benzene rings is 1. The summed E-state index contributed by atoms with van der Waals surface area (Å²) in [5.41, 5.74) is 0.254. The highest BCUT2D eigenvalue weighted by Gasteiger charge is 2.26. The molecule has 0 saturated carbocycles. The Bertz CT molecular complexity index is 830. The number of halogens is 1. The van der Waals surface area contributed by atoms with E-state index < -0.39 is 10.0 Å². The molecule has 0 atom stereocenters. The van der Waals surface area contributed by atoms with Crippen LogP contribution < -0.4 is 0 Å². The van der Waals surface area contributed by atoms with Crippen LogP contribution in [0.1, 0.15) is 30.0 Å². The molecule has 6 nitrogen and oxygen atoms in total. The lowest BCUT2D eigenvalue weighted by molar-refractivity contribution is 0.0775. The lowest BCUT2D eigenvalue weighted by Gasteiger charge is -2.20. The topological polar surface area (TPSA) is 70.8 Å². The molecule has 2 rings (SSSR count). The Hall–Kier alpha value is -1.83. The van der Waals surface area contributed by atoms with Crippen molar-refractivity contribution < 1.29 is 17.6 Å². The van der Waals surface area contributed by atoms with Gasteiger partial charge in [-0.25, -0.2) is 8.42 Å². The first-order valence-corrected chi connectivity index (χ1v) is 9.70. The Kier molecular flexibility index (Phi) is 6.26. The largest absolute Gasteiger partial charge is 0.467 e. The second kappa shape index (κ2) is 8.03. The molecule has 1 aromatic heterocycles. The molecule has 1 aromatic carbocycles. The van der Waals surface area contributed by atoms with Gasteiger partial charge in [0.15, 0.2) is 0 Å². The second-order valence-corrected chi connectivity index (χ2v) is 7.79. The van der Waals surface area contributed by atoms with Crippen LogP contribution in [0.4, 0.5) is 0 Å². The van der Waals surface area contributed by atoms with Crippen LogP contribution >= 0.6 is 11.6 Å². The molecule has 2 aromatic rings. The van der Waals surface area contributed by atoms with Crippen molar-refractivity contribution in [1.82, 2.24) is 9.21 Å². The molecule has 0 radical (unpaired) electrons. The molecule has 0 bridgehead atoms. The fourth-order valence-corrected chi connectivity index (χ4v) is 4.42. The van der Waals surface area contributed by atoms with Crippen LogP contribution in [-0.2, 0) is 16.6 Å². The number of nitrogens with zero attached hydrogens (tertiary/aromatic N) is 2. The molecule has 0 aliphatic rings. The molecule has 0 aliphatic heterocycles. The van der Waals surface area contributed by atoms with E-state index in [1.54, 1.807) is 33.0 Å². The highest BCUT2D eigenvalue weighted by molar-refractivity contribution is 7.89. The molecule has 0 aliphatic carbocycles. The highest BCUT2D eigenvalue weighted by Crippen LogP contribution is 2.26. The lowest BCUT2D eigenvalue weighted by Crippen LogP contribution is -2.31. The van der Waals surface area contributed by atoms with E-state index in [1.807, 2.05) is 0 Å². The first kappa shape index (κ1) is 19.5. The maximum Gasteiger partial charge on any atom is 0.254 e. The van der Waals surface area contributed by atoms with Gasteiger partial charge in [0.25, 0.3) is 5.91 Å². The van der Waals surface area contributed by atoms with Crippen LogP contribution in [0.3, 0.4) is 0 Å². The highest BCUT2D eigenvalue weighted by atomic mass is 35.5. The fraction of sp³-hybridized carbons (Fsp3) is 0.353. The van der Waals surface area contributed by atoms with E-state index in [4.69, 9.17) is 16.0 Å². The molecule has 0 spiro atoms. The van der Waals surface area contributed by atoms with E-state index in [0.29, 0.717) is 18.8 Å². The smallest absolute Gasteiger partial charge is 0.254 e. The van der Waals surface area contributed by atoms with E-state index in [1.165, 1.54) is 33.7 Å². The standard InChI is InChI=1S/C17H21ClN2O4S/c1-4-20(5-2)25(22,23)16-11-13(8-9-15(16)18)17(21)19(3)12-14-7-6-10-24-14/h6-11H,4-5,12H2,1-3H3. The van der Waals surface area contributed by atoms with Gasteiger partial charge in [0.1, 0.15) is 10.7 Å². The van der Waals surface area contributed by atoms with Crippen molar-refractivity contribution in [3.63, 3.8) is 0 Å². The van der Waals surface area contributed by atoms with Crippen molar-refractivity contribution in [2.45, 2.75) is 25.3 Å². The summed E-state index contributed by atoms with van der Waals surface area (Å²) in [7, 11) is -2.13. The van der Waals surface area contributed by atoms with E-state index in [-0.39, 0.29) is 27.9 Å². The maximum absolute atomic E-state index is 12.7. The van der Waals surface area contributed by atoms with Gasteiger partial charge in [0, 0.05) is 25.7 Å². The predicted octanol–water partition coefficient (Wildman–Crippen LogP) is 3.24. The predicted molar refractivity (Wildman–Crippen MR) is 96.1 cm³/mol. The Morgan fingerprint density at radius 3 is 2.44 bits per heavy atom. The summed E-state index contributed by atoms with van der Waals surface area (Å²) in [4.78, 5) is 14.0. The van der Waals surface area contributed by atoms with Crippen LogP contribution in [0.25, 0.3) is 0 Å². The molecule has 0 unspecified atom stereocenters. The summed E-state index contributed by atoms with van der Waals surface area (Å²) in [5.74, 6) is 0.324. The number of furan rings is 1. The molecule has 8 heteroatoms. The fourth-order valence-electron chi connectivity index (χ4n) is 2.47. The zero-order chi connectivity index (χ0) is 18.6. The number of amides is 1. The number of carbonyl (C=O) groups is 1. The van der Waals surface area contributed by atoms with Crippen molar-refractivity contribution in [2.24, 2.45) is 0 Å².